The molecule has 0 bridgehead atoms. The molecule has 33 heavy (non-hydrogen) atoms. The van der Waals surface area contributed by atoms with Gasteiger partial charge in [0.1, 0.15) is 18.4 Å². The van der Waals surface area contributed by atoms with Gasteiger partial charge >= 0.3 is 0 Å². The van der Waals surface area contributed by atoms with E-state index in [0.717, 1.165) is 0 Å². The van der Waals surface area contributed by atoms with E-state index in [1.165, 1.54) is 28.0 Å². The Morgan fingerprint density at radius 2 is 2.12 bits per heavy atom. The van der Waals surface area contributed by atoms with Gasteiger partial charge in [-0.15, -0.1) is 0 Å². The molecule has 1 aliphatic heterocycles. The molecule has 1 aromatic carbocycles. The molecule has 2 atom stereocenters. The molecule has 1 saturated heterocycles. The monoisotopic (exact) mass is 472 g/mol. The Kier molecular flexibility index (Phi) is 6.28. The standard InChI is InChI=1S/C22H22ClFN6O3/c1-12(13-4-2-5-15(23)19(13)24)27-22(33)16-6-3-9-29(16)18(31)11-30-17-10-26-8-7-14(17)20(28-30)21(25)32/h2,4-5,7-8,10,12,16H,3,6,9,11H2,1H3,(H2,25,32)(H,27,33)/t12-,16+/m1/s1. The Balaban J connectivity index is 1.50. The quantitative estimate of drug-likeness (QED) is 0.569. The molecule has 0 radical (unpaired) electrons. The van der Waals surface area contributed by atoms with Gasteiger partial charge in [0.05, 0.1) is 22.8 Å². The number of carbonyl (C=O) groups is 3. The van der Waals surface area contributed by atoms with Gasteiger partial charge in [-0.05, 0) is 31.9 Å². The SMILES string of the molecule is C[C@@H](NC(=O)[C@@H]1CCCN1C(=O)Cn1nc(C(N)=O)c2ccncc21)c1cccc(Cl)c1F. The predicted octanol–water partition coefficient (Wildman–Crippen LogP) is 2.19. The molecule has 3 aromatic rings. The van der Waals surface area contributed by atoms with Crippen molar-refractivity contribution in [2.45, 2.75) is 38.4 Å². The van der Waals surface area contributed by atoms with Crippen molar-refractivity contribution in [3.05, 3.63) is 58.8 Å². The molecule has 0 spiro atoms. The predicted molar refractivity (Wildman–Crippen MR) is 119 cm³/mol. The van der Waals surface area contributed by atoms with Crippen molar-refractivity contribution >= 4 is 40.2 Å². The summed E-state index contributed by atoms with van der Waals surface area (Å²) in [6, 6.07) is 4.87. The van der Waals surface area contributed by atoms with Crippen LogP contribution in [0.1, 0.15) is 41.9 Å². The fourth-order valence-electron chi connectivity index (χ4n) is 4.12. The number of fused-ring (bicyclic) bond motifs is 1. The zero-order valence-corrected chi connectivity index (χ0v) is 18.6. The van der Waals surface area contributed by atoms with Gasteiger partial charge in [-0.3, -0.25) is 24.0 Å². The molecule has 9 nitrogen and oxygen atoms in total. The molecule has 4 rings (SSSR count). The minimum absolute atomic E-state index is 0.0254. The number of benzene rings is 1. The molecule has 3 amide bonds. The molecule has 172 valence electrons. The molecule has 3 heterocycles. The highest BCUT2D eigenvalue weighted by Gasteiger charge is 2.35. The number of pyridine rings is 1. The van der Waals surface area contributed by atoms with Crippen molar-refractivity contribution in [3.63, 3.8) is 0 Å². The molecule has 1 fully saturated rings. The lowest BCUT2D eigenvalue weighted by Crippen LogP contribution is -2.47. The second-order valence-electron chi connectivity index (χ2n) is 7.88. The van der Waals surface area contributed by atoms with Crippen LogP contribution in [0.25, 0.3) is 10.9 Å². The first-order valence-corrected chi connectivity index (χ1v) is 10.8. The van der Waals surface area contributed by atoms with Crippen LogP contribution in [-0.4, -0.2) is 50.0 Å². The molecule has 1 aliphatic rings. The van der Waals surface area contributed by atoms with E-state index in [2.05, 4.69) is 15.4 Å². The van der Waals surface area contributed by atoms with Crippen LogP contribution in [0.3, 0.4) is 0 Å². The molecule has 3 N–H and O–H groups in total. The maximum Gasteiger partial charge on any atom is 0.269 e. The van der Waals surface area contributed by atoms with Crippen molar-refractivity contribution in [2.24, 2.45) is 5.73 Å². The molecule has 11 heteroatoms. The number of halogens is 2. The summed E-state index contributed by atoms with van der Waals surface area (Å²) < 4.78 is 15.7. The van der Waals surface area contributed by atoms with Crippen molar-refractivity contribution in [3.8, 4) is 0 Å². The first-order chi connectivity index (χ1) is 15.8. The average Bonchev–Trinajstić information content (AvgIpc) is 3.41. The average molecular weight is 473 g/mol. The van der Waals surface area contributed by atoms with Crippen molar-refractivity contribution in [1.29, 1.82) is 0 Å². The third kappa shape index (κ3) is 4.38. The van der Waals surface area contributed by atoms with E-state index in [-0.39, 0.29) is 34.6 Å². The molecule has 0 aliphatic carbocycles. The maximum absolute atomic E-state index is 14.3. The fourth-order valence-corrected chi connectivity index (χ4v) is 4.30. The van der Waals surface area contributed by atoms with Gasteiger partial charge in [-0.2, -0.15) is 5.10 Å². The molecule has 0 saturated carbocycles. The van der Waals surface area contributed by atoms with Crippen molar-refractivity contribution < 1.29 is 18.8 Å². The number of likely N-dealkylation sites (tertiary alicyclic amines) is 1. The van der Waals surface area contributed by atoms with Crippen LogP contribution in [0.2, 0.25) is 5.02 Å². The van der Waals surface area contributed by atoms with Crippen LogP contribution in [0.5, 0.6) is 0 Å². The van der Waals surface area contributed by atoms with E-state index >= 15 is 0 Å². The Labute approximate surface area is 193 Å². The normalized spacial score (nSPS) is 16.7. The first-order valence-electron chi connectivity index (χ1n) is 10.4. The number of nitrogens with zero attached hydrogens (tertiary/aromatic N) is 4. The minimum atomic E-state index is -0.710. The highest BCUT2D eigenvalue weighted by molar-refractivity contribution is 6.30. The molecule has 0 unspecified atom stereocenters. The van der Waals surface area contributed by atoms with Gasteiger partial charge in [-0.1, -0.05) is 23.7 Å². The van der Waals surface area contributed by atoms with E-state index in [4.69, 9.17) is 17.3 Å². The number of nitrogens with one attached hydrogen (secondary N) is 1. The summed E-state index contributed by atoms with van der Waals surface area (Å²) in [7, 11) is 0. The number of carbonyl (C=O) groups excluding carboxylic acids is 3. The van der Waals surface area contributed by atoms with Gasteiger partial charge in [0.2, 0.25) is 11.8 Å². The largest absolute Gasteiger partial charge is 0.364 e. The van der Waals surface area contributed by atoms with Gasteiger partial charge in [-0.25, -0.2) is 4.39 Å². The topological polar surface area (TPSA) is 123 Å². The highest BCUT2D eigenvalue weighted by atomic mass is 35.5. The van der Waals surface area contributed by atoms with Crippen molar-refractivity contribution in [2.75, 3.05) is 6.54 Å². The second-order valence-corrected chi connectivity index (χ2v) is 8.29. The van der Waals surface area contributed by atoms with Gasteiger partial charge in [0.25, 0.3) is 5.91 Å². The highest BCUT2D eigenvalue weighted by Crippen LogP contribution is 2.25. The number of hydrogen-bond donors (Lipinski definition) is 2. The fraction of sp³-hybridized carbons (Fsp3) is 0.318. The van der Waals surface area contributed by atoms with E-state index < -0.39 is 23.8 Å². The lowest BCUT2D eigenvalue weighted by atomic mass is 10.1. The molecular weight excluding hydrogens is 451 g/mol. The molecular formula is C22H22ClFN6O3. The smallest absolute Gasteiger partial charge is 0.269 e. The minimum Gasteiger partial charge on any atom is -0.364 e. The molecule has 2 aromatic heterocycles. The number of hydrogen-bond acceptors (Lipinski definition) is 5. The van der Waals surface area contributed by atoms with E-state index in [9.17, 15) is 18.8 Å². The number of nitrogens with two attached hydrogens (primary N) is 1. The third-order valence-electron chi connectivity index (χ3n) is 5.75. The number of primary amides is 1. The number of aromatic nitrogens is 3. The van der Waals surface area contributed by atoms with Crippen LogP contribution in [-0.2, 0) is 16.1 Å². The third-order valence-corrected chi connectivity index (χ3v) is 6.05. The summed E-state index contributed by atoms with van der Waals surface area (Å²) in [5.74, 6) is -2.01. The van der Waals surface area contributed by atoms with Crippen LogP contribution >= 0.6 is 11.6 Å². The Hall–Kier alpha value is -3.53. The van der Waals surface area contributed by atoms with Gasteiger partial charge in [0, 0.05) is 23.7 Å². The van der Waals surface area contributed by atoms with Crippen LogP contribution in [0, 0.1) is 5.82 Å². The summed E-state index contributed by atoms with van der Waals surface area (Å²) in [5, 5.41) is 7.43. The number of amides is 3. The van der Waals surface area contributed by atoms with E-state index in [1.54, 1.807) is 25.1 Å². The summed E-state index contributed by atoms with van der Waals surface area (Å²) in [6.45, 7) is 1.87. The Morgan fingerprint density at radius 3 is 2.88 bits per heavy atom. The summed E-state index contributed by atoms with van der Waals surface area (Å²) >= 11 is 5.84. The second kappa shape index (κ2) is 9.14. The van der Waals surface area contributed by atoms with Gasteiger partial charge in [0.15, 0.2) is 5.69 Å². The van der Waals surface area contributed by atoms with Gasteiger partial charge < -0.3 is 16.0 Å². The van der Waals surface area contributed by atoms with E-state index in [1.807, 2.05) is 0 Å². The van der Waals surface area contributed by atoms with Crippen LogP contribution in [0.15, 0.2) is 36.7 Å². The summed E-state index contributed by atoms with van der Waals surface area (Å²) in [5.41, 5.74) is 6.21. The Bertz CT molecular complexity index is 1250. The zero-order chi connectivity index (χ0) is 23.7. The summed E-state index contributed by atoms with van der Waals surface area (Å²) in [4.78, 5) is 43.2. The Morgan fingerprint density at radius 1 is 1.33 bits per heavy atom. The van der Waals surface area contributed by atoms with Crippen LogP contribution in [0.4, 0.5) is 4.39 Å². The van der Waals surface area contributed by atoms with E-state index in [0.29, 0.717) is 30.3 Å². The van der Waals surface area contributed by atoms with Crippen molar-refractivity contribution in [1.82, 2.24) is 25.0 Å². The lowest BCUT2D eigenvalue weighted by Gasteiger charge is -2.26. The van der Waals surface area contributed by atoms with Crippen LogP contribution < -0.4 is 11.1 Å². The lowest BCUT2D eigenvalue weighted by molar-refractivity contribution is -0.139. The number of rotatable bonds is 6. The maximum atomic E-state index is 14.3. The summed E-state index contributed by atoms with van der Waals surface area (Å²) in [6.07, 6.45) is 4.14. The zero-order valence-electron chi connectivity index (χ0n) is 17.8. The first kappa shape index (κ1) is 22.7.